The highest BCUT2D eigenvalue weighted by Gasteiger charge is 2.34. The van der Waals surface area contributed by atoms with Crippen molar-refractivity contribution in [2.75, 3.05) is 7.05 Å². The van der Waals surface area contributed by atoms with Crippen LogP contribution in [0.4, 0.5) is 0 Å². The lowest BCUT2D eigenvalue weighted by Gasteiger charge is -2.28. The third kappa shape index (κ3) is 1.89. The number of rotatable bonds is 2. The first-order chi connectivity index (χ1) is 8.06. The van der Waals surface area contributed by atoms with Crippen molar-refractivity contribution in [2.24, 2.45) is 0 Å². The topological polar surface area (TPSA) is 91.2 Å². The lowest BCUT2D eigenvalue weighted by Crippen LogP contribution is -2.43. The van der Waals surface area contributed by atoms with E-state index in [9.17, 15) is 9.59 Å². The summed E-state index contributed by atoms with van der Waals surface area (Å²) in [5.74, 6) is -0.226. The molecule has 92 valence electrons. The second kappa shape index (κ2) is 4.38. The van der Waals surface area contributed by atoms with Crippen LogP contribution in [0.1, 0.15) is 24.7 Å². The van der Waals surface area contributed by atoms with Crippen molar-refractivity contribution in [2.45, 2.75) is 25.5 Å². The van der Waals surface area contributed by atoms with E-state index in [1.54, 1.807) is 0 Å². The molecule has 1 atom stereocenters. The van der Waals surface area contributed by atoms with E-state index in [4.69, 9.17) is 17.3 Å². The van der Waals surface area contributed by atoms with Gasteiger partial charge in [0.15, 0.2) is 10.6 Å². The van der Waals surface area contributed by atoms with Gasteiger partial charge in [-0.2, -0.15) is 5.10 Å². The third-order valence-electron chi connectivity index (χ3n) is 2.85. The number of carbonyl (C=O) groups excluding carboxylic acids is 2. The van der Waals surface area contributed by atoms with Crippen molar-refractivity contribution in [3.8, 4) is 0 Å². The first kappa shape index (κ1) is 11.9. The van der Waals surface area contributed by atoms with Gasteiger partial charge in [0.2, 0.25) is 5.91 Å². The predicted molar refractivity (Wildman–Crippen MR) is 59.4 cm³/mol. The number of aromatic nitrogens is 3. The van der Waals surface area contributed by atoms with E-state index in [2.05, 4.69) is 10.2 Å². The summed E-state index contributed by atoms with van der Waals surface area (Å²) >= 11 is 5.02. The molecule has 1 unspecified atom stereocenters. The van der Waals surface area contributed by atoms with Crippen LogP contribution in [0.5, 0.6) is 0 Å². The van der Waals surface area contributed by atoms with Crippen LogP contribution in [0.3, 0.4) is 0 Å². The second-order valence-corrected chi connectivity index (χ2v) is 4.21. The molecule has 2 amide bonds. The summed E-state index contributed by atoms with van der Waals surface area (Å²) in [6, 6.07) is -0.564. The van der Waals surface area contributed by atoms with Gasteiger partial charge in [-0.15, -0.1) is 0 Å². The Bertz CT molecular complexity index is 521. The largest absolute Gasteiger partial charge is 0.388 e. The van der Waals surface area contributed by atoms with Crippen molar-refractivity contribution in [3.63, 3.8) is 0 Å². The van der Waals surface area contributed by atoms with Crippen LogP contribution in [0, 0.1) is 4.77 Å². The number of likely N-dealkylation sites (N-methyl/N-ethyl adjacent to an activating group) is 1. The Morgan fingerprint density at radius 3 is 2.94 bits per heavy atom. The average Bonchev–Trinajstić information content (AvgIpc) is 2.68. The van der Waals surface area contributed by atoms with Crippen molar-refractivity contribution in [1.82, 2.24) is 19.7 Å². The Hall–Kier alpha value is -1.54. The minimum atomic E-state index is -0.564. The number of aliphatic hydroxyl groups excluding tert-OH is 1. The van der Waals surface area contributed by atoms with E-state index in [-0.39, 0.29) is 29.6 Å². The molecule has 1 saturated heterocycles. The SMILES string of the molecule is CN1C(=O)CCC(n2c(CO)n[nH]c2=S)C1=O. The number of carbonyl (C=O) groups is 2. The van der Waals surface area contributed by atoms with Gasteiger partial charge >= 0.3 is 0 Å². The number of nitrogens with one attached hydrogen (secondary N) is 1. The normalized spacial score (nSPS) is 21.1. The standard InChI is InChI=1S/C9H12N4O3S/c1-12-7(15)3-2-5(8(12)16)13-6(4-14)10-11-9(13)17/h5,14H,2-4H2,1H3,(H,11,17). The maximum atomic E-state index is 12.0. The number of H-pyrrole nitrogens is 1. The fourth-order valence-corrected chi connectivity index (χ4v) is 2.19. The van der Waals surface area contributed by atoms with Crippen LogP contribution in [0.25, 0.3) is 0 Å². The highest BCUT2D eigenvalue weighted by molar-refractivity contribution is 7.71. The van der Waals surface area contributed by atoms with Gasteiger partial charge in [-0.3, -0.25) is 24.2 Å². The number of hydrogen-bond donors (Lipinski definition) is 2. The van der Waals surface area contributed by atoms with E-state index in [0.717, 1.165) is 4.90 Å². The molecule has 1 aromatic heterocycles. The number of amides is 2. The quantitative estimate of drug-likeness (QED) is 0.562. The van der Waals surface area contributed by atoms with Gasteiger partial charge in [-0.25, -0.2) is 0 Å². The molecule has 0 spiro atoms. The van der Waals surface area contributed by atoms with Gasteiger partial charge in [0, 0.05) is 13.5 Å². The van der Waals surface area contributed by atoms with E-state index < -0.39 is 6.04 Å². The lowest BCUT2D eigenvalue weighted by molar-refractivity contribution is -0.149. The Balaban J connectivity index is 2.40. The minimum absolute atomic E-state index is 0.202. The van der Waals surface area contributed by atoms with Gasteiger partial charge < -0.3 is 5.11 Å². The Kier molecular flexibility index (Phi) is 3.07. The monoisotopic (exact) mass is 256 g/mol. The van der Waals surface area contributed by atoms with Crippen LogP contribution in [-0.2, 0) is 16.2 Å². The first-order valence-corrected chi connectivity index (χ1v) is 5.54. The van der Waals surface area contributed by atoms with E-state index in [1.807, 2.05) is 0 Å². The molecule has 8 heteroatoms. The molecule has 0 aromatic carbocycles. The number of hydrogen-bond acceptors (Lipinski definition) is 5. The first-order valence-electron chi connectivity index (χ1n) is 5.13. The number of piperidine rings is 1. The van der Waals surface area contributed by atoms with Crippen LogP contribution in [0.2, 0.25) is 0 Å². The molecule has 7 nitrogen and oxygen atoms in total. The number of likely N-dealkylation sites (tertiary alicyclic amines) is 1. The average molecular weight is 256 g/mol. The maximum absolute atomic E-state index is 12.0. The lowest BCUT2D eigenvalue weighted by atomic mass is 10.0. The molecular formula is C9H12N4O3S. The summed E-state index contributed by atoms with van der Waals surface area (Å²) in [5, 5.41) is 15.5. The molecule has 0 saturated carbocycles. The van der Waals surface area contributed by atoms with Crippen molar-refractivity contribution >= 4 is 24.0 Å². The number of aromatic amines is 1. The molecule has 1 fully saturated rings. The molecule has 17 heavy (non-hydrogen) atoms. The highest BCUT2D eigenvalue weighted by atomic mass is 32.1. The molecule has 0 bridgehead atoms. The van der Waals surface area contributed by atoms with E-state index in [1.165, 1.54) is 11.6 Å². The number of aliphatic hydroxyl groups is 1. The van der Waals surface area contributed by atoms with Crippen LogP contribution < -0.4 is 0 Å². The predicted octanol–water partition coefficient (Wildman–Crippen LogP) is -0.247. The van der Waals surface area contributed by atoms with Gasteiger partial charge in [0.25, 0.3) is 5.91 Å². The summed E-state index contributed by atoms with van der Waals surface area (Å²) in [6.07, 6.45) is 0.660. The summed E-state index contributed by atoms with van der Waals surface area (Å²) in [7, 11) is 1.44. The second-order valence-electron chi connectivity index (χ2n) is 3.82. The van der Waals surface area contributed by atoms with Gasteiger partial charge in [0.05, 0.1) is 0 Å². The molecular weight excluding hydrogens is 244 g/mol. The zero-order valence-corrected chi connectivity index (χ0v) is 10.0. The molecule has 1 aliphatic rings. The summed E-state index contributed by atoms with van der Waals surface area (Å²) in [4.78, 5) is 24.4. The van der Waals surface area contributed by atoms with Crippen LogP contribution in [0.15, 0.2) is 0 Å². The highest BCUT2D eigenvalue weighted by Crippen LogP contribution is 2.24. The van der Waals surface area contributed by atoms with E-state index in [0.29, 0.717) is 12.2 Å². The number of nitrogens with zero attached hydrogens (tertiary/aromatic N) is 3. The number of imide groups is 1. The molecule has 0 aliphatic carbocycles. The van der Waals surface area contributed by atoms with Crippen molar-refractivity contribution < 1.29 is 14.7 Å². The minimum Gasteiger partial charge on any atom is -0.388 e. The van der Waals surface area contributed by atoms with Crippen LogP contribution >= 0.6 is 12.2 Å². The third-order valence-corrected chi connectivity index (χ3v) is 3.14. The molecule has 1 aromatic rings. The summed E-state index contributed by atoms with van der Waals surface area (Å²) in [5.41, 5.74) is 0. The summed E-state index contributed by atoms with van der Waals surface area (Å²) in [6.45, 7) is -0.311. The Labute approximate surface area is 102 Å². The Morgan fingerprint density at radius 2 is 2.29 bits per heavy atom. The zero-order valence-electron chi connectivity index (χ0n) is 9.21. The molecule has 2 rings (SSSR count). The fraction of sp³-hybridized carbons (Fsp3) is 0.556. The van der Waals surface area contributed by atoms with Crippen molar-refractivity contribution in [1.29, 1.82) is 0 Å². The summed E-state index contributed by atoms with van der Waals surface area (Å²) < 4.78 is 1.75. The molecule has 2 heterocycles. The van der Waals surface area contributed by atoms with E-state index >= 15 is 0 Å². The molecule has 0 radical (unpaired) electrons. The zero-order chi connectivity index (χ0) is 12.6. The smallest absolute Gasteiger partial charge is 0.252 e. The molecule has 2 N–H and O–H groups in total. The van der Waals surface area contributed by atoms with Gasteiger partial charge in [-0.05, 0) is 18.6 Å². The van der Waals surface area contributed by atoms with Crippen molar-refractivity contribution in [3.05, 3.63) is 10.6 Å². The molecule has 1 aliphatic heterocycles. The fourth-order valence-electron chi connectivity index (χ4n) is 1.91. The van der Waals surface area contributed by atoms with Crippen LogP contribution in [-0.4, -0.2) is 43.6 Å². The maximum Gasteiger partial charge on any atom is 0.252 e. The van der Waals surface area contributed by atoms with Gasteiger partial charge in [-0.1, -0.05) is 0 Å². The van der Waals surface area contributed by atoms with Gasteiger partial charge in [0.1, 0.15) is 12.6 Å². The Morgan fingerprint density at radius 1 is 1.59 bits per heavy atom.